The monoisotopic (exact) mass is 194 g/mol. The van der Waals surface area contributed by atoms with Gasteiger partial charge in [-0.05, 0) is 43.7 Å². The first-order valence-corrected chi connectivity index (χ1v) is 6.13. The van der Waals surface area contributed by atoms with E-state index >= 15 is 0 Å². The van der Waals surface area contributed by atoms with Gasteiger partial charge in [0.2, 0.25) is 0 Å². The van der Waals surface area contributed by atoms with Crippen molar-refractivity contribution in [3.05, 3.63) is 21.9 Å². The summed E-state index contributed by atoms with van der Waals surface area (Å²) in [6.07, 6.45) is 5.70. The number of aryl methyl sites for hydroxylation is 1. The Morgan fingerprint density at radius 2 is 1.85 bits per heavy atom. The van der Waals surface area contributed by atoms with Crippen LogP contribution in [0.15, 0.2) is 12.1 Å². The highest BCUT2D eigenvalue weighted by Gasteiger charge is 2.20. The fourth-order valence-corrected chi connectivity index (χ4v) is 3.26. The fraction of sp³-hybridized carbons (Fsp3) is 0.667. The van der Waals surface area contributed by atoms with Crippen molar-refractivity contribution in [3.63, 3.8) is 0 Å². The molecular weight excluding hydrogens is 176 g/mol. The van der Waals surface area contributed by atoms with E-state index in [4.69, 9.17) is 0 Å². The quantitative estimate of drug-likeness (QED) is 0.623. The fourth-order valence-electron chi connectivity index (χ4n) is 2.22. The summed E-state index contributed by atoms with van der Waals surface area (Å²) >= 11 is 2.00. The van der Waals surface area contributed by atoms with Crippen LogP contribution in [0, 0.1) is 12.8 Å². The van der Waals surface area contributed by atoms with Crippen molar-refractivity contribution in [1.29, 1.82) is 0 Å². The summed E-state index contributed by atoms with van der Waals surface area (Å²) in [6, 6.07) is 4.60. The predicted octanol–water partition coefficient (Wildman–Crippen LogP) is 4.35. The van der Waals surface area contributed by atoms with E-state index in [0.717, 1.165) is 11.8 Å². The molecule has 1 heteroatoms. The van der Waals surface area contributed by atoms with Gasteiger partial charge >= 0.3 is 0 Å². The zero-order valence-corrected chi connectivity index (χ0v) is 9.36. The minimum absolute atomic E-state index is 0.884. The van der Waals surface area contributed by atoms with Crippen molar-refractivity contribution < 1.29 is 0 Å². The maximum absolute atomic E-state index is 2.38. The van der Waals surface area contributed by atoms with Crippen molar-refractivity contribution in [2.75, 3.05) is 0 Å². The van der Waals surface area contributed by atoms with E-state index in [-0.39, 0.29) is 0 Å². The second-order valence-electron chi connectivity index (χ2n) is 4.41. The van der Waals surface area contributed by atoms with Gasteiger partial charge in [-0.2, -0.15) is 0 Å². The van der Waals surface area contributed by atoms with Gasteiger partial charge in [0.1, 0.15) is 0 Å². The molecule has 0 aliphatic heterocycles. The van der Waals surface area contributed by atoms with Crippen molar-refractivity contribution in [3.8, 4) is 0 Å². The van der Waals surface area contributed by atoms with Gasteiger partial charge in [0.15, 0.2) is 0 Å². The largest absolute Gasteiger partial charge is 0.145 e. The number of rotatable bonds is 1. The van der Waals surface area contributed by atoms with E-state index in [2.05, 4.69) is 26.0 Å². The lowest BCUT2D eigenvalue weighted by atomic mass is 9.82. The topological polar surface area (TPSA) is 0 Å². The molecule has 1 aromatic rings. The van der Waals surface area contributed by atoms with Crippen LogP contribution in [-0.4, -0.2) is 0 Å². The molecule has 0 saturated heterocycles. The average Bonchev–Trinajstić information content (AvgIpc) is 2.53. The van der Waals surface area contributed by atoms with Crippen LogP contribution in [0.2, 0.25) is 0 Å². The lowest BCUT2D eigenvalue weighted by Crippen LogP contribution is -2.09. The Labute approximate surface area is 85.0 Å². The first kappa shape index (κ1) is 9.26. The molecule has 0 amide bonds. The third-order valence-corrected chi connectivity index (χ3v) is 4.34. The van der Waals surface area contributed by atoms with Crippen LogP contribution in [0.4, 0.5) is 0 Å². The lowest BCUT2D eigenvalue weighted by molar-refractivity contribution is 0.350. The van der Waals surface area contributed by atoms with Gasteiger partial charge in [-0.15, -0.1) is 11.3 Å². The summed E-state index contributed by atoms with van der Waals surface area (Å²) in [5.41, 5.74) is 0. The third-order valence-electron chi connectivity index (χ3n) is 3.18. The van der Waals surface area contributed by atoms with Crippen LogP contribution < -0.4 is 0 Å². The first-order chi connectivity index (χ1) is 6.25. The maximum Gasteiger partial charge on any atom is 0.00790 e. The van der Waals surface area contributed by atoms with Crippen molar-refractivity contribution in [1.82, 2.24) is 0 Å². The smallest absolute Gasteiger partial charge is 0.00790 e. The maximum atomic E-state index is 2.38. The van der Waals surface area contributed by atoms with Gasteiger partial charge < -0.3 is 0 Å². The Morgan fingerprint density at radius 1 is 1.15 bits per heavy atom. The van der Waals surface area contributed by atoms with E-state index in [0.29, 0.717) is 0 Å². The molecule has 0 unspecified atom stereocenters. The molecule has 0 N–H and O–H groups in total. The van der Waals surface area contributed by atoms with Crippen molar-refractivity contribution in [2.24, 2.45) is 5.92 Å². The third kappa shape index (κ3) is 2.14. The Balaban J connectivity index is 2.02. The highest BCUT2D eigenvalue weighted by Crippen LogP contribution is 2.38. The zero-order chi connectivity index (χ0) is 9.26. The average molecular weight is 194 g/mol. The minimum Gasteiger partial charge on any atom is -0.145 e. The Morgan fingerprint density at radius 3 is 2.38 bits per heavy atom. The summed E-state index contributed by atoms with van der Waals surface area (Å²) in [4.78, 5) is 3.10. The SMILES string of the molecule is Cc1ccc(C2CCC(C)CC2)s1. The molecular formula is C12H18S. The van der Waals surface area contributed by atoms with Crippen LogP contribution in [0.25, 0.3) is 0 Å². The molecule has 0 bridgehead atoms. The second kappa shape index (κ2) is 3.83. The standard InChI is InChI=1S/C12H18S/c1-9-3-6-11(7-4-9)12-8-5-10(2)13-12/h5,8-9,11H,3-4,6-7H2,1-2H3. The molecule has 0 spiro atoms. The molecule has 1 fully saturated rings. The van der Waals surface area contributed by atoms with Crippen molar-refractivity contribution >= 4 is 11.3 Å². The van der Waals surface area contributed by atoms with E-state index in [1.807, 2.05) is 11.3 Å². The number of hydrogen-bond acceptors (Lipinski definition) is 1. The lowest BCUT2D eigenvalue weighted by Gasteiger charge is -2.25. The summed E-state index contributed by atoms with van der Waals surface area (Å²) in [5, 5.41) is 0. The molecule has 0 atom stereocenters. The zero-order valence-electron chi connectivity index (χ0n) is 8.55. The Kier molecular flexibility index (Phi) is 2.73. The van der Waals surface area contributed by atoms with Gasteiger partial charge in [0, 0.05) is 9.75 Å². The molecule has 2 rings (SSSR count). The van der Waals surface area contributed by atoms with Crippen LogP contribution >= 0.6 is 11.3 Å². The van der Waals surface area contributed by atoms with Gasteiger partial charge in [0.05, 0.1) is 0 Å². The van der Waals surface area contributed by atoms with Gasteiger partial charge in [-0.3, -0.25) is 0 Å². The molecule has 0 nitrogen and oxygen atoms in total. The molecule has 72 valence electrons. The molecule has 1 aliphatic carbocycles. The number of thiophene rings is 1. The van der Waals surface area contributed by atoms with Gasteiger partial charge in [-0.25, -0.2) is 0 Å². The molecule has 13 heavy (non-hydrogen) atoms. The minimum atomic E-state index is 0.884. The van der Waals surface area contributed by atoms with Crippen molar-refractivity contribution in [2.45, 2.75) is 45.4 Å². The Hall–Kier alpha value is -0.300. The highest BCUT2D eigenvalue weighted by atomic mass is 32.1. The number of hydrogen-bond donors (Lipinski definition) is 0. The molecule has 1 aliphatic rings. The second-order valence-corrected chi connectivity index (χ2v) is 5.72. The van der Waals surface area contributed by atoms with E-state index < -0.39 is 0 Å². The molecule has 0 aromatic carbocycles. The van der Waals surface area contributed by atoms with Crippen LogP contribution in [0.1, 0.15) is 48.3 Å². The van der Waals surface area contributed by atoms with Crippen LogP contribution in [-0.2, 0) is 0 Å². The molecule has 0 radical (unpaired) electrons. The molecule has 1 saturated carbocycles. The van der Waals surface area contributed by atoms with E-state index in [1.165, 1.54) is 30.6 Å². The van der Waals surface area contributed by atoms with Gasteiger partial charge in [0.25, 0.3) is 0 Å². The normalized spacial score (nSPS) is 29.1. The summed E-state index contributed by atoms with van der Waals surface area (Å²) < 4.78 is 0. The predicted molar refractivity (Wildman–Crippen MR) is 59.4 cm³/mol. The van der Waals surface area contributed by atoms with Crippen LogP contribution in [0.3, 0.4) is 0 Å². The van der Waals surface area contributed by atoms with E-state index in [9.17, 15) is 0 Å². The highest BCUT2D eigenvalue weighted by molar-refractivity contribution is 7.12. The molecule has 1 aromatic heterocycles. The van der Waals surface area contributed by atoms with Gasteiger partial charge in [-0.1, -0.05) is 19.8 Å². The summed E-state index contributed by atoms with van der Waals surface area (Å²) in [5.74, 6) is 1.85. The van der Waals surface area contributed by atoms with E-state index in [1.54, 1.807) is 4.88 Å². The summed E-state index contributed by atoms with van der Waals surface area (Å²) in [6.45, 7) is 4.59. The Bertz CT molecular complexity index is 266. The summed E-state index contributed by atoms with van der Waals surface area (Å²) in [7, 11) is 0. The first-order valence-electron chi connectivity index (χ1n) is 5.32. The van der Waals surface area contributed by atoms with Crippen LogP contribution in [0.5, 0.6) is 0 Å². The molecule has 1 heterocycles.